The fraction of sp³-hybridized carbons (Fsp3) is 0.688. The quantitative estimate of drug-likeness (QED) is 0.602. The Morgan fingerprint density at radius 1 is 1.44 bits per heavy atom. The zero-order valence-corrected chi connectivity index (χ0v) is 14.1. The van der Waals surface area contributed by atoms with Crippen molar-refractivity contribution in [1.82, 2.24) is 15.1 Å². The minimum Gasteiger partial charge on any atom is -0.328 e. The van der Waals surface area contributed by atoms with Crippen LogP contribution in [0.3, 0.4) is 0 Å². The van der Waals surface area contributed by atoms with Crippen LogP contribution in [0, 0.1) is 5.92 Å². The molecule has 25 heavy (non-hydrogen) atoms. The maximum absolute atomic E-state index is 12.7. The van der Waals surface area contributed by atoms with E-state index in [0.29, 0.717) is 11.3 Å². The fourth-order valence-corrected chi connectivity index (χ4v) is 3.50. The van der Waals surface area contributed by atoms with E-state index in [9.17, 15) is 27.6 Å². The van der Waals surface area contributed by atoms with E-state index in [4.69, 9.17) is 0 Å². The van der Waals surface area contributed by atoms with Crippen LogP contribution in [0.5, 0.6) is 0 Å². The summed E-state index contributed by atoms with van der Waals surface area (Å²) >= 11 is 0. The molecule has 1 aliphatic heterocycles. The molecule has 140 valence electrons. The molecule has 0 radical (unpaired) electrons. The second kappa shape index (κ2) is 7.05. The zero-order chi connectivity index (χ0) is 18.8. The summed E-state index contributed by atoms with van der Waals surface area (Å²) in [6.45, 7) is 2.71. The lowest BCUT2D eigenvalue weighted by Crippen LogP contribution is -2.54. The molecule has 2 fully saturated rings. The molecule has 0 aromatic rings. The van der Waals surface area contributed by atoms with Crippen LogP contribution < -0.4 is 5.32 Å². The van der Waals surface area contributed by atoms with E-state index in [1.54, 1.807) is 0 Å². The van der Waals surface area contributed by atoms with E-state index in [2.05, 4.69) is 11.9 Å². The number of alkyl halides is 3. The number of nitrogens with one attached hydrogen (secondary N) is 1. The highest BCUT2D eigenvalue weighted by Crippen LogP contribution is 2.38. The molecule has 0 bridgehead atoms. The van der Waals surface area contributed by atoms with Crippen molar-refractivity contribution in [1.29, 1.82) is 0 Å². The van der Waals surface area contributed by atoms with E-state index in [-0.39, 0.29) is 12.5 Å². The first-order valence-electron chi connectivity index (χ1n) is 8.20. The molecule has 0 aromatic carbocycles. The second-order valence-electron chi connectivity index (χ2n) is 6.62. The van der Waals surface area contributed by atoms with Gasteiger partial charge in [-0.05, 0) is 18.8 Å². The zero-order valence-electron chi connectivity index (χ0n) is 14.1. The standard InChI is InChI=1S/C16H22F3N3O3/c1-3-8-21(10-16(17,18)19)12(23)9-22-13(24)15(20-14(22)25)7-5-4-6-11(15)2/h3,11H,1,4-10H2,2H3,(H,20,25). The smallest absolute Gasteiger partial charge is 0.328 e. The number of carbonyl (C=O) groups excluding carboxylic acids is 3. The van der Waals surface area contributed by atoms with Crippen molar-refractivity contribution >= 4 is 17.8 Å². The van der Waals surface area contributed by atoms with E-state index < -0.39 is 42.7 Å². The Balaban J connectivity index is 2.13. The molecule has 1 saturated carbocycles. The van der Waals surface area contributed by atoms with Crippen LogP contribution in [0.25, 0.3) is 0 Å². The lowest BCUT2D eigenvalue weighted by atomic mass is 9.73. The van der Waals surface area contributed by atoms with Gasteiger partial charge in [-0.2, -0.15) is 13.2 Å². The molecule has 1 spiro atoms. The first-order chi connectivity index (χ1) is 11.6. The topological polar surface area (TPSA) is 69.7 Å². The average Bonchev–Trinajstić information content (AvgIpc) is 2.74. The molecule has 2 unspecified atom stereocenters. The van der Waals surface area contributed by atoms with Crippen LogP contribution in [0.1, 0.15) is 32.6 Å². The molecule has 9 heteroatoms. The van der Waals surface area contributed by atoms with E-state index in [0.717, 1.165) is 24.2 Å². The summed E-state index contributed by atoms with van der Waals surface area (Å²) in [7, 11) is 0. The number of carbonyl (C=O) groups is 3. The third-order valence-electron chi connectivity index (χ3n) is 4.87. The molecule has 2 aliphatic rings. The SMILES string of the molecule is C=CCN(CC(F)(F)F)C(=O)CN1C(=O)NC2(CCCCC2C)C1=O. The van der Waals surface area contributed by atoms with Gasteiger partial charge in [0.2, 0.25) is 5.91 Å². The predicted molar refractivity (Wildman–Crippen MR) is 83.4 cm³/mol. The number of nitrogens with zero attached hydrogens (tertiary/aromatic N) is 2. The Bertz CT molecular complexity index is 579. The highest BCUT2D eigenvalue weighted by Gasteiger charge is 2.55. The van der Waals surface area contributed by atoms with Gasteiger partial charge in [0.15, 0.2) is 0 Å². The highest BCUT2D eigenvalue weighted by molar-refractivity contribution is 6.09. The Labute approximate surface area is 144 Å². The van der Waals surface area contributed by atoms with Gasteiger partial charge in [-0.15, -0.1) is 6.58 Å². The number of amides is 4. The molecular weight excluding hydrogens is 339 g/mol. The van der Waals surface area contributed by atoms with Crippen molar-refractivity contribution in [3.8, 4) is 0 Å². The molecule has 1 aliphatic carbocycles. The van der Waals surface area contributed by atoms with Gasteiger partial charge < -0.3 is 10.2 Å². The number of halogens is 3. The van der Waals surface area contributed by atoms with Gasteiger partial charge in [0.05, 0.1) is 0 Å². The van der Waals surface area contributed by atoms with Gasteiger partial charge in [-0.3, -0.25) is 14.5 Å². The summed E-state index contributed by atoms with van der Waals surface area (Å²) in [5.41, 5.74) is -1.04. The number of urea groups is 1. The maximum Gasteiger partial charge on any atom is 0.406 e. The van der Waals surface area contributed by atoms with Crippen LogP contribution in [0.15, 0.2) is 12.7 Å². The van der Waals surface area contributed by atoms with Gasteiger partial charge in [0.25, 0.3) is 5.91 Å². The Morgan fingerprint density at radius 2 is 2.12 bits per heavy atom. The van der Waals surface area contributed by atoms with Gasteiger partial charge in [0, 0.05) is 6.54 Å². The van der Waals surface area contributed by atoms with Crippen molar-refractivity contribution in [2.45, 2.75) is 44.3 Å². The maximum atomic E-state index is 12.7. The third-order valence-corrected chi connectivity index (χ3v) is 4.87. The summed E-state index contributed by atoms with van der Waals surface area (Å²) < 4.78 is 37.8. The molecule has 4 amide bonds. The Morgan fingerprint density at radius 3 is 2.68 bits per heavy atom. The number of imide groups is 1. The van der Waals surface area contributed by atoms with Crippen LogP contribution in [-0.4, -0.2) is 59.0 Å². The molecule has 6 nitrogen and oxygen atoms in total. The van der Waals surface area contributed by atoms with Gasteiger partial charge in [-0.25, -0.2) is 4.79 Å². The first kappa shape index (κ1) is 19.3. The van der Waals surface area contributed by atoms with E-state index in [1.165, 1.54) is 6.08 Å². The highest BCUT2D eigenvalue weighted by atomic mass is 19.4. The number of hydrogen-bond donors (Lipinski definition) is 1. The van der Waals surface area contributed by atoms with Crippen molar-refractivity contribution in [3.05, 3.63) is 12.7 Å². The van der Waals surface area contributed by atoms with E-state index >= 15 is 0 Å². The number of rotatable bonds is 5. The molecule has 1 heterocycles. The van der Waals surface area contributed by atoms with Crippen LogP contribution in [0.4, 0.5) is 18.0 Å². The summed E-state index contributed by atoms with van der Waals surface area (Å²) in [6.07, 6.45) is -0.444. The molecule has 1 saturated heterocycles. The minimum atomic E-state index is -4.57. The minimum absolute atomic E-state index is 0.0859. The molecular formula is C16H22F3N3O3. The van der Waals surface area contributed by atoms with Crippen molar-refractivity contribution in [3.63, 3.8) is 0 Å². The summed E-state index contributed by atoms with van der Waals surface area (Å²) in [5, 5.41) is 2.67. The number of hydrogen-bond acceptors (Lipinski definition) is 3. The second-order valence-corrected chi connectivity index (χ2v) is 6.62. The van der Waals surface area contributed by atoms with Crippen molar-refractivity contribution in [2.75, 3.05) is 19.6 Å². The molecule has 0 aromatic heterocycles. The lowest BCUT2D eigenvalue weighted by molar-refractivity contribution is -0.161. The van der Waals surface area contributed by atoms with Gasteiger partial charge in [0.1, 0.15) is 18.6 Å². The fourth-order valence-electron chi connectivity index (χ4n) is 3.50. The average molecular weight is 361 g/mol. The largest absolute Gasteiger partial charge is 0.406 e. The normalized spacial score (nSPS) is 26.7. The van der Waals surface area contributed by atoms with Gasteiger partial charge in [-0.1, -0.05) is 25.8 Å². The third kappa shape index (κ3) is 3.96. The Kier molecular flexibility index (Phi) is 5.43. The summed E-state index contributed by atoms with van der Waals surface area (Å²) in [5.74, 6) is -1.55. The van der Waals surface area contributed by atoms with Crippen LogP contribution in [0.2, 0.25) is 0 Å². The lowest BCUT2D eigenvalue weighted by Gasteiger charge is -2.36. The monoisotopic (exact) mass is 361 g/mol. The predicted octanol–water partition coefficient (Wildman–Crippen LogP) is 2.06. The summed E-state index contributed by atoms with van der Waals surface area (Å²) in [6, 6.07) is -0.724. The van der Waals surface area contributed by atoms with Crippen molar-refractivity contribution in [2.24, 2.45) is 5.92 Å². The Hall–Kier alpha value is -2.06. The first-order valence-corrected chi connectivity index (χ1v) is 8.20. The van der Waals surface area contributed by atoms with Crippen LogP contribution >= 0.6 is 0 Å². The van der Waals surface area contributed by atoms with E-state index in [1.807, 2.05) is 6.92 Å². The van der Waals surface area contributed by atoms with Crippen LogP contribution in [-0.2, 0) is 9.59 Å². The molecule has 1 N–H and O–H groups in total. The summed E-state index contributed by atoms with van der Waals surface area (Å²) in [4.78, 5) is 38.4. The van der Waals surface area contributed by atoms with Gasteiger partial charge >= 0.3 is 12.2 Å². The van der Waals surface area contributed by atoms with Crippen molar-refractivity contribution < 1.29 is 27.6 Å². The molecule has 2 atom stereocenters. The molecule has 2 rings (SSSR count).